The van der Waals surface area contributed by atoms with Gasteiger partial charge in [-0.25, -0.2) is 20.2 Å². The van der Waals surface area contributed by atoms with Gasteiger partial charge in [0.2, 0.25) is 0 Å². The first-order valence-corrected chi connectivity index (χ1v) is 3.51. The summed E-state index contributed by atoms with van der Waals surface area (Å²) in [5, 5.41) is 26.9. The van der Waals surface area contributed by atoms with Gasteiger partial charge >= 0.3 is 0 Å². The third kappa shape index (κ3) is 2.45. The first kappa shape index (κ1) is 10.6. The number of nitro groups is 2. The molecule has 0 aromatic carbocycles. The molecule has 0 aromatic rings. The van der Waals surface area contributed by atoms with Crippen molar-refractivity contribution in [3.8, 4) is 0 Å². The summed E-state index contributed by atoms with van der Waals surface area (Å²) >= 11 is 0. The molecule has 1 N–H and O–H groups in total. The second-order valence-corrected chi connectivity index (χ2v) is 2.36. The minimum Gasteiger partial charge on any atom is -0.327 e. The highest BCUT2D eigenvalue weighted by Crippen LogP contribution is 2.01. The lowest BCUT2D eigenvalue weighted by atomic mass is 10.7. The molecular formula is C3H5N7O5. The van der Waals surface area contributed by atoms with Crippen LogP contribution >= 0.6 is 0 Å². The molecule has 12 heteroatoms. The number of nitrogens with zero attached hydrogens (tertiary/aromatic N) is 6. The van der Waals surface area contributed by atoms with E-state index in [-0.39, 0.29) is 6.67 Å². The summed E-state index contributed by atoms with van der Waals surface area (Å²) in [5.74, 6) is -0.437. The number of nitroso groups, excluding NO2 is 1. The maximum Gasteiger partial charge on any atom is 0.297 e. The lowest BCUT2D eigenvalue weighted by Gasteiger charge is -2.25. The van der Waals surface area contributed by atoms with Crippen molar-refractivity contribution >= 4 is 5.96 Å². The Bertz CT molecular complexity index is 327. The number of hydrazone groups is 1. The molecule has 0 spiro atoms. The third-order valence-corrected chi connectivity index (χ3v) is 1.47. The van der Waals surface area contributed by atoms with Gasteiger partial charge in [-0.15, -0.1) is 4.91 Å². The number of nitrogens with one attached hydrogen (secondary N) is 1. The average Bonchev–Trinajstić information content (AvgIpc) is 2.17. The minimum atomic E-state index is -1.04. The van der Waals surface area contributed by atoms with E-state index in [0.29, 0.717) is 10.0 Å². The molecule has 1 heterocycles. The van der Waals surface area contributed by atoms with E-state index >= 15 is 0 Å². The lowest BCUT2D eigenvalue weighted by Crippen LogP contribution is -2.56. The SMILES string of the molecule is O=NN1CN([N+](=O)[O-])CNC1=N[N+](=O)[O-]. The molecule has 0 amide bonds. The van der Waals surface area contributed by atoms with Crippen LogP contribution in [0, 0.1) is 25.1 Å². The fraction of sp³-hybridized carbons (Fsp3) is 0.667. The molecule has 0 aliphatic carbocycles. The molecule has 1 rings (SSSR count). The summed E-state index contributed by atoms with van der Waals surface area (Å²) in [6.07, 6.45) is 0. The molecule has 1 aliphatic rings. The summed E-state index contributed by atoms with van der Waals surface area (Å²) in [6.45, 7) is -0.804. The molecule has 0 bridgehead atoms. The van der Waals surface area contributed by atoms with Gasteiger partial charge in [0, 0.05) is 0 Å². The van der Waals surface area contributed by atoms with E-state index < -0.39 is 22.7 Å². The standard InChI is InChI=1S/C3H5N7O5/c11-6-8-2-7(10(14)15)1-4-3(8)5-9(12)13/h1-2H2,(H,4,5). The number of rotatable bonds is 3. The zero-order valence-electron chi connectivity index (χ0n) is 7.14. The fourth-order valence-corrected chi connectivity index (χ4v) is 0.863. The Morgan fingerprint density at radius 3 is 2.53 bits per heavy atom. The summed E-state index contributed by atoms with van der Waals surface area (Å²) < 4.78 is 0. The molecule has 0 saturated carbocycles. The molecule has 12 nitrogen and oxygen atoms in total. The molecule has 82 valence electrons. The van der Waals surface area contributed by atoms with E-state index in [1.165, 1.54) is 0 Å². The first-order chi connectivity index (χ1) is 7.04. The monoisotopic (exact) mass is 219 g/mol. The summed E-state index contributed by atoms with van der Waals surface area (Å²) in [5.41, 5.74) is 0. The molecule has 1 aliphatic heterocycles. The van der Waals surface area contributed by atoms with Crippen LogP contribution < -0.4 is 5.32 Å². The van der Waals surface area contributed by atoms with Gasteiger partial charge < -0.3 is 5.32 Å². The van der Waals surface area contributed by atoms with Gasteiger partial charge in [-0.05, 0) is 0 Å². The fourth-order valence-electron chi connectivity index (χ4n) is 0.863. The number of hydrazine groups is 1. The van der Waals surface area contributed by atoms with E-state index in [2.05, 4.69) is 15.7 Å². The smallest absolute Gasteiger partial charge is 0.297 e. The van der Waals surface area contributed by atoms with E-state index in [4.69, 9.17) is 0 Å². The van der Waals surface area contributed by atoms with Crippen molar-refractivity contribution in [3.63, 3.8) is 0 Å². The van der Waals surface area contributed by atoms with Gasteiger partial charge in [-0.2, -0.15) is 5.01 Å². The van der Waals surface area contributed by atoms with Crippen LogP contribution in [0.1, 0.15) is 0 Å². The zero-order valence-corrected chi connectivity index (χ0v) is 7.14. The molecule has 0 radical (unpaired) electrons. The van der Waals surface area contributed by atoms with Crippen LogP contribution in [-0.2, 0) is 0 Å². The topological polar surface area (TPSA) is 147 Å². The van der Waals surface area contributed by atoms with Crippen molar-refractivity contribution in [1.82, 2.24) is 15.3 Å². The average molecular weight is 219 g/mol. The summed E-state index contributed by atoms with van der Waals surface area (Å²) in [4.78, 5) is 30.5. The van der Waals surface area contributed by atoms with Crippen molar-refractivity contribution < 1.29 is 10.1 Å². The molecule has 0 aromatic heterocycles. The van der Waals surface area contributed by atoms with Gasteiger partial charge in [-0.1, -0.05) is 5.01 Å². The third-order valence-electron chi connectivity index (χ3n) is 1.47. The number of hydrogen-bond acceptors (Lipinski definition) is 6. The molecule has 0 atom stereocenters. The summed E-state index contributed by atoms with van der Waals surface area (Å²) in [6, 6.07) is 0. The second-order valence-electron chi connectivity index (χ2n) is 2.36. The van der Waals surface area contributed by atoms with E-state index in [1.807, 2.05) is 0 Å². The first-order valence-electron chi connectivity index (χ1n) is 3.51. The normalized spacial score (nSPS) is 18.5. The van der Waals surface area contributed by atoms with Gasteiger partial charge in [0.25, 0.3) is 5.96 Å². The Labute approximate surface area is 81.3 Å². The van der Waals surface area contributed by atoms with Crippen molar-refractivity contribution in [1.29, 1.82) is 0 Å². The van der Waals surface area contributed by atoms with Gasteiger partial charge in [0.15, 0.2) is 23.4 Å². The van der Waals surface area contributed by atoms with Crippen LogP contribution in [0.5, 0.6) is 0 Å². The zero-order chi connectivity index (χ0) is 11.4. The highest BCUT2D eigenvalue weighted by Gasteiger charge is 2.30. The maximum absolute atomic E-state index is 10.3. The van der Waals surface area contributed by atoms with Gasteiger partial charge in [-0.3, -0.25) is 0 Å². The lowest BCUT2D eigenvalue weighted by molar-refractivity contribution is -0.661. The van der Waals surface area contributed by atoms with Crippen LogP contribution in [0.25, 0.3) is 0 Å². The maximum atomic E-state index is 10.3. The Morgan fingerprint density at radius 1 is 1.40 bits per heavy atom. The largest absolute Gasteiger partial charge is 0.327 e. The highest BCUT2D eigenvalue weighted by molar-refractivity contribution is 5.79. The predicted octanol–water partition coefficient (Wildman–Crippen LogP) is -1.47. The van der Waals surface area contributed by atoms with Crippen LogP contribution in [0.4, 0.5) is 0 Å². The Kier molecular flexibility index (Phi) is 2.90. The van der Waals surface area contributed by atoms with Gasteiger partial charge in [0.05, 0.1) is 5.29 Å². The molecular weight excluding hydrogens is 214 g/mol. The van der Waals surface area contributed by atoms with Crippen LogP contribution in [0.3, 0.4) is 0 Å². The minimum absolute atomic E-state index is 0.300. The summed E-state index contributed by atoms with van der Waals surface area (Å²) in [7, 11) is 0. The number of guanidine groups is 1. The predicted molar refractivity (Wildman–Crippen MR) is 43.8 cm³/mol. The molecule has 1 saturated heterocycles. The highest BCUT2D eigenvalue weighted by atomic mass is 16.7. The second kappa shape index (κ2) is 4.12. The Balaban J connectivity index is 2.77. The Morgan fingerprint density at radius 2 is 2.07 bits per heavy atom. The molecule has 1 fully saturated rings. The van der Waals surface area contributed by atoms with Crippen molar-refractivity contribution in [2.75, 3.05) is 13.3 Å². The van der Waals surface area contributed by atoms with Crippen LogP contribution in [0.15, 0.2) is 10.4 Å². The van der Waals surface area contributed by atoms with Crippen LogP contribution in [0.2, 0.25) is 0 Å². The van der Waals surface area contributed by atoms with Crippen molar-refractivity contribution in [2.45, 2.75) is 0 Å². The van der Waals surface area contributed by atoms with Crippen molar-refractivity contribution in [3.05, 3.63) is 25.1 Å². The molecule has 15 heavy (non-hydrogen) atoms. The van der Waals surface area contributed by atoms with Gasteiger partial charge in [0.1, 0.15) is 5.10 Å². The van der Waals surface area contributed by atoms with E-state index in [9.17, 15) is 25.1 Å². The van der Waals surface area contributed by atoms with E-state index in [1.54, 1.807) is 0 Å². The quantitative estimate of drug-likeness (QED) is 0.343. The van der Waals surface area contributed by atoms with Crippen molar-refractivity contribution in [2.24, 2.45) is 10.4 Å². The van der Waals surface area contributed by atoms with Crippen LogP contribution in [-0.4, -0.2) is 39.4 Å². The number of hydrogen-bond donors (Lipinski definition) is 1. The Hall–Kier alpha value is -2.53. The molecule has 0 unspecified atom stereocenters. The van der Waals surface area contributed by atoms with E-state index in [0.717, 1.165) is 0 Å².